The van der Waals surface area contributed by atoms with Crippen LogP contribution in [-0.4, -0.2) is 17.5 Å². The fourth-order valence-electron chi connectivity index (χ4n) is 1.44. The Balaban J connectivity index is 2.83. The highest BCUT2D eigenvalue weighted by Crippen LogP contribution is 2.27. The Hall–Kier alpha value is -1.17. The summed E-state index contributed by atoms with van der Waals surface area (Å²) in [7, 11) is 0. The highest BCUT2D eigenvalue weighted by Gasteiger charge is 2.21. The van der Waals surface area contributed by atoms with Gasteiger partial charge in [-0.05, 0) is 49.7 Å². The second-order valence-electron chi connectivity index (χ2n) is 5.35. The molecule has 0 saturated carbocycles. The van der Waals surface area contributed by atoms with Crippen LogP contribution in [0.2, 0.25) is 0 Å². The molecule has 3 nitrogen and oxygen atoms in total. The molecule has 19 heavy (non-hydrogen) atoms. The van der Waals surface area contributed by atoms with E-state index in [2.05, 4.69) is 26.6 Å². The molecule has 0 aromatic heterocycles. The lowest BCUT2D eigenvalue weighted by Gasteiger charge is -2.24. The first-order chi connectivity index (χ1) is 8.60. The molecule has 0 radical (unpaired) electrons. The molecule has 1 aromatic carbocycles. The molecule has 1 unspecified atom stereocenters. The third kappa shape index (κ3) is 4.78. The van der Waals surface area contributed by atoms with Gasteiger partial charge in [0.15, 0.2) is 0 Å². The smallest absolute Gasteiger partial charge is 0.242 e. The first kappa shape index (κ1) is 15.9. The van der Waals surface area contributed by atoms with Crippen LogP contribution in [0.3, 0.4) is 0 Å². The highest BCUT2D eigenvalue weighted by molar-refractivity contribution is 9.10. The van der Waals surface area contributed by atoms with Gasteiger partial charge in [0.1, 0.15) is 17.7 Å². The van der Waals surface area contributed by atoms with E-state index in [4.69, 9.17) is 0 Å². The van der Waals surface area contributed by atoms with Crippen molar-refractivity contribution in [2.45, 2.75) is 39.3 Å². The molecule has 1 rings (SSSR count). The summed E-state index contributed by atoms with van der Waals surface area (Å²) in [6.45, 7) is 7.17. The van der Waals surface area contributed by atoms with Gasteiger partial charge < -0.3 is 10.6 Å². The summed E-state index contributed by atoms with van der Waals surface area (Å²) in [5.74, 6) is -1.69. The lowest BCUT2D eigenvalue weighted by Crippen LogP contribution is -2.47. The maximum Gasteiger partial charge on any atom is 0.242 e. The van der Waals surface area contributed by atoms with E-state index in [1.807, 2.05) is 20.8 Å². The Kier molecular flexibility index (Phi) is 4.90. The first-order valence-corrected chi connectivity index (χ1v) is 6.62. The van der Waals surface area contributed by atoms with Gasteiger partial charge in [0, 0.05) is 16.1 Å². The Bertz CT molecular complexity index is 463. The van der Waals surface area contributed by atoms with Crippen LogP contribution in [0.15, 0.2) is 16.6 Å². The molecule has 0 spiro atoms. The zero-order valence-electron chi connectivity index (χ0n) is 11.3. The van der Waals surface area contributed by atoms with Gasteiger partial charge >= 0.3 is 0 Å². The molecule has 0 fully saturated rings. The molecule has 0 heterocycles. The van der Waals surface area contributed by atoms with Crippen LogP contribution in [0.5, 0.6) is 0 Å². The van der Waals surface area contributed by atoms with E-state index < -0.39 is 17.7 Å². The third-order valence-corrected chi connectivity index (χ3v) is 2.88. The van der Waals surface area contributed by atoms with E-state index in [-0.39, 0.29) is 21.6 Å². The van der Waals surface area contributed by atoms with Gasteiger partial charge in [-0.25, -0.2) is 8.78 Å². The summed E-state index contributed by atoms with van der Waals surface area (Å²) in [4.78, 5) is 11.9. The van der Waals surface area contributed by atoms with Gasteiger partial charge in [0.25, 0.3) is 0 Å². The first-order valence-electron chi connectivity index (χ1n) is 5.83. The van der Waals surface area contributed by atoms with E-state index >= 15 is 0 Å². The predicted octanol–water partition coefficient (Wildman–Crippen LogP) is 3.44. The Morgan fingerprint density at radius 1 is 1.32 bits per heavy atom. The molecule has 2 N–H and O–H groups in total. The van der Waals surface area contributed by atoms with E-state index in [9.17, 15) is 13.6 Å². The number of amides is 1. The molecular weight excluding hydrogens is 318 g/mol. The van der Waals surface area contributed by atoms with Crippen molar-refractivity contribution in [3.8, 4) is 0 Å². The number of hydrogen-bond acceptors (Lipinski definition) is 2. The molecule has 1 aromatic rings. The number of carbonyl (C=O) groups excluding carboxylic acids is 1. The minimum absolute atomic E-state index is 0.0676. The Labute approximate surface area is 119 Å². The van der Waals surface area contributed by atoms with Gasteiger partial charge in [0.05, 0.1) is 5.69 Å². The second kappa shape index (κ2) is 5.86. The van der Waals surface area contributed by atoms with Gasteiger partial charge in [-0.2, -0.15) is 0 Å². The molecule has 106 valence electrons. The average Bonchev–Trinajstić information content (AvgIpc) is 2.20. The van der Waals surface area contributed by atoms with Crippen molar-refractivity contribution in [3.05, 3.63) is 28.2 Å². The van der Waals surface area contributed by atoms with Crippen LogP contribution in [0.25, 0.3) is 0 Å². The molecule has 0 bridgehead atoms. The van der Waals surface area contributed by atoms with Crippen LogP contribution in [0.4, 0.5) is 14.5 Å². The predicted molar refractivity (Wildman–Crippen MR) is 75.0 cm³/mol. The summed E-state index contributed by atoms with van der Waals surface area (Å²) < 4.78 is 26.8. The van der Waals surface area contributed by atoms with E-state index in [1.165, 1.54) is 0 Å². The van der Waals surface area contributed by atoms with Gasteiger partial charge in [-0.1, -0.05) is 0 Å². The maximum absolute atomic E-state index is 13.6. The number of anilines is 1. The van der Waals surface area contributed by atoms with Crippen molar-refractivity contribution in [3.63, 3.8) is 0 Å². The largest absolute Gasteiger partial charge is 0.371 e. The van der Waals surface area contributed by atoms with Gasteiger partial charge in [-0.3, -0.25) is 4.79 Å². The van der Waals surface area contributed by atoms with Crippen molar-refractivity contribution in [2.75, 3.05) is 5.32 Å². The number of halogens is 3. The van der Waals surface area contributed by atoms with Crippen LogP contribution >= 0.6 is 15.9 Å². The van der Waals surface area contributed by atoms with E-state index in [1.54, 1.807) is 6.92 Å². The fourth-order valence-corrected chi connectivity index (χ4v) is 1.96. The molecule has 1 atom stereocenters. The zero-order chi connectivity index (χ0) is 14.8. The van der Waals surface area contributed by atoms with Crippen molar-refractivity contribution in [1.29, 1.82) is 0 Å². The lowest BCUT2D eigenvalue weighted by molar-refractivity contribution is -0.122. The minimum Gasteiger partial charge on any atom is -0.371 e. The van der Waals surface area contributed by atoms with Crippen LogP contribution in [0.1, 0.15) is 27.7 Å². The monoisotopic (exact) mass is 334 g/mol. The van der Waals surface area contributed by atoms with Gasteiger partial charge in [0.2, 0.25) is 5.91 Å². The zero-order valence-corrected chi connectivity index (χ0v) is 12.9. The summed E-state index contributed by atoms with van der Waals surface area (Å²) >= 11 is 3.06. The number of carbonyl (C=O) groups is 1. The molecule has 6 heteroatoms. The molecule has 0 aliphatic carbocycles. The van der Waals surface area contributed by atoms with Gasteiger partial charge in [-0.15, -0.1) is 0 Å². The lowest BCUT2D eigenvalue weighted by atomic mass is 10.1. The standard InChI is InChI=1S/C13H17BrF2N2O/c1-7(12(19)18-13(2,3)4)17-11-9(14)5-8(15)6-10(11)16/h5-7,17H,1-4H3,(H,18,19). The molecular formula is C13H17BrF2N2O. The molecule has 0 aliphatic heterocycles. The Morgan fingerprint density at radius 3 is 2.37 bits per heavy atom. The van der Waals surface area contributed by atoms with Crippen LogP contribution in [0, 0.1) is 11.6 Å². The quantitative estimate of drug-likeness (QED) is 0.888. The van der Waals surface area contributed by atoms with Crippen molar-refractivity contribution < 1.29 is 13.6 Å². The number of rotatable bonds is 3. The highest BCUT2D eigenvalue weighted by atomic mass is 79.9. The number of benzene rings is 1. The van der Waals surface area contributed by atoms with Crippen molar-refractivity contribution in [2.24, 2.45) is 0 Å². The fraction of sp³-hybridized carbons (Fsp3) is 0.462. The molecule has 0 saturated heterocycles. The third-order valence-electron chi connectivity index (χ3n) is 2.26. The minimum atomic E-state index is -0.748. The summed E-state index contributed by atoms with van der Waals surface area (Å²) in [5.41, 5.74) is -0.302. The summed E-state index contributed by atoms with van der Waals surface area (Å²) in [5, 5.41) is 5.50. The maximum atomic E-state index is 13.6. The van der Waals surface area contributed by atoms with Crippen molar-refractivity contribution in [1.82, 2.24) is 5.32 Å². The summed E-state index contributed by atoms with van der Waals surface area (Å²) in [6.07, 6.45) is 0. The molecule has 1 amide bonds. The SMILES string of the molecule is CC(Nc1c(F)cc(F)cc1Br)C(=O)NC(C)(C)C. The van der Waals surface area contributed by atoms with Crippen LogP contribution in [-0.2, 0) is 4.79 Å². The van der Waals surface area contributed by atoms with Crippen LogP contribution < -0.4 is 10.6 Å². The van der Waals surface area contributed by atoms with E-state index in [0.29, 0.717) is 0 Å². The topological polar surface area (TPSA) is 41.1 Å². The normalized spacial score (nSPS) is 13.0. The second-order valence-corrected chi connectivity index (χ2v) is 6.20. The average molecular weight is 335 g/mol. The number of hydrogen-bond donors (Lipinski definition) is 2. The molecule has 0 aliphatic rings. The van der Waals surface area contributed by atoms with E-state index in [0.717, 1.165) is 12.1 Å². The number of nitrogens with one attached hydrogen (secondary N) is 2. The summed E-state index contributed by atoms with van der Waals surface area (Å²) in [6, 6.07) is 1.26. The van der Waals surface area contributed by atoms with Crippen molar-refractivity contribution >= 4 is 27.5 Å². The Morgan fingerprint density at radius 2 is 1.89 bits per heavy atom.